The molecule has 1 aliphatic rings. The molecule has 150 valence electrons. The summed E-state index contributed by atoms with van der Waals surface area (Å²) in [5.41, 5.74) is 4.19. The molecule has 0 saturated carbocycles. The van der Waals surface area contributed by atoms with Gasteiger partial charge in [-0.2, -0.15) is 0 Å². The van der Waals surface area contributed by atoms with Gasteiger partial charge in [-0.05, 0) is 47.1 Å². The minimum atomic E-state index is 0.905. The Morgan fingerprint density at radius 3 is 2.30 bits per heavy atom. The molecule has 5 rings (SSSR count). The fraction of sp³-hybridized carbons (Fsp3) is 0.240. The summed E-state index contributed by atoms with van der Waals surface area (Å²) < 4.78 is 0. The Kier molecular flexibility index (Phi) is 5.11. The topological polar surface area (TPSA) is 45.2 Å². The molecule has 0 amide bonds. The van der Waals surface area contributed by atoms with Gasteiger partial charge in [-0.1, -0.05) is 43.3 Å². The first-order valence-electron chi connectivity index (χ1n) is 10.6. The van der Waals surface area contributed by atoms with Crippen LogP contribution in [0.3, 0.4) is 0 Å². The number of piperazine rings is 1. The summed E-state index contributed by atoms with van der Waals surface area (Å²) in [6.45, 7) is 7.41. The molecule has 0 bridgehead atoms. The molecule has 0 spiro atoms. The van der Waals surface area contributed by atoms with Gasteiger partial charge in [-0.15, -0.1) is 10.2 Å². The molecule has 5 heteroatoms. The van der Waals surface area contributed by atoms with E-state index in [1.807, 2.05) is 24.5 Å². The molecule has 0 radical (unpaired) electrons. The van der Waals surface area contributed by atoms with Crippen LogP contribution in [0.15, 0.2) is 73.1 Å². The van der Waals surface area contributed by atoms with Crippen LogP contribution in [0.5, 0.6) is 0 Å². The molecule has 1 fully saturated rings. The molecule has 0 unspecified atom stereocenters. The van der Waals surface area contributed by atoms with Gasteiger partial charge >= 0.3 is 0 Å². The molecule has 1 aliphatic heterocycles. The lowest BCUT2D eigenvalue weighted by atomic mass is 9.98. The third-order valence-electron chi connectivity index (χ3n) is 5.94. The third-order valence-corrected chi connectivity index (χ3v) is 5.94. The van der Waals surface area contributed by atoms with Crippen molar-refractivity contribution in [1.29, 1.82) is 0 Å². The average Bonchev–Trinajstić information content (AvgIpc) is 2.84. The van der Waals surface area contributed by atoms with Gasteiger partial charge in [0.25, 0.3) is 0 Å². The predicted molar refractivity (Wildman–Crippen MR) is 123 cm³/mol. The molecule has 4 aromatic rings. The second-order valence-corrected chi connectivity index (χ2v) is 7.68. The van der Waals surface area contributed by atoms with E-state index in [1.165, 1.54) is 10.8 Å². The molecule has 2 aromatic carbocycles. The Morgan fingerprint density at radius 1 is 0.767 bits per heavy atom. The largest absolute Gasteiger partial charge is 0.353 e. The molecule has 30 heavy (non-hydrogen) atoms. The Labute approximate surface area is 177 Å². The zero-order valence-corrected chi connectivity index (χ0v) is 17.2. The number of pyridine rings is 1. The van der Waals surface area contributed by atoms with Crippen molar-refractivity contribution in [3.05, 3.63) is 73.1 Å². The summed E-state index contributed by atoms with van der Waals surface area (Å²) >= 11 is 0. The standard InChI is InChI=1S/C25H25N5/c1-2-29-13-15-30(16-14-29)24-18-23(20-9-11-26-12-10-20)25(28-27-24)22-8-7-19-5-3-4-6-21(19)17-22/h3-12,17-18H,2,13-16H2,1H3. The van der Waals surface area contributed by atoms with Crippen molar-refractivity contribution in [2.45, 2.75) is 6.92 Å². The van der Waals surface area contributed by atoms with E-state index in [2.05, 4.69) is 75.3 Å². The minimum Gasteiger partial charge on any atom is -0.353 e. The van der Waals surface area contributed by atoms with Gasteiger partial charge in [0.05, 0.1) is 0 Å². The molecule has 2 aromatic heterocycles. The highest BCUT2D eigenvalue weighted by Crippen LogP contribution is 2.33. The van der Waals surface area contributed by atoms with E-state index in [0.717, 1.165) is 60.9 Å². The van der Waals surface area contributed by atoms with E-state index in [0.29, 0.717) is 0 Å². The summed E-state index contributed by atoms with van der Waals surface area (Å²) in [5.74, 6) is 0.946. The molecular weight excluding hydrogens is 370 g/mol. The molecule has 3 heterocycles. The van der Waals surface area contributed by atoms with Crippen LogP contribution >= 0.6 is 0 Å². The van der Waals surface area contributed by atoms with Crippen molar-refractivity contribution in [3.63, 3.8) is 0 Å². The van der Waals surface area contributed by atoms with Crippen molar-refractivity contribution in [2.24, 2.45) is 0 Å². The van der Waals surface area contributed by atoms with Gasteiger partial charge in [0, 0.05) is 49.7 Å². The van der Waals surface area contributed by atoms with Crippen molar-refractivity contribution < 1.29 is 0 Å². The molecule has 1 saturated heterocycles. The summed E-state index contributed by atoms with van der Waals surface area (Å²) in [6, 6.07) is 21.2. The van der Waals surface area contributed by atoms with Crippen molar-refractivity contribution in [3.8, 4) is 22.4 Å². The van der Waals surface area contributed by atoms with Gasteiger partial charge in [-0.25, -0.2) is 0 Å². The number of hydrogen-bond donors (Lipinski definition) is 0. The number of likely N-dealkylation sites (N-methyl/N-ethyl adjacent to an activating group) is 1. The Balaban J connectivity index is 1.58. The van der Waals surface area contributed by atoms with Crippen LogP contribution in [-0.2, 0) is 0 Å². The lowest BCUT2D eigenvalue weighted by Crippen LogP contribution is -2.46. The summed E-state index contributed by atoms with van der Waals surface area (Å²) in [6.07, 6.45) is 3.67. The van der Waals surface area contributed by atoms with E-state index in [1.54, 1.807) is 0 Å². The highest BCUT2D eigenvalue weighted by atomic mass is 15.3. The highest BCUT2D eigenvalue weighted by Gasteiger charge is 2.20. The van der Waals surface area contributed by atoms with Gasteiger partial charge in [0.15, 0.2) is 5.82 Å². The number of aromatic nitrogens is 3. The zero-order chi connectivity index (χ0) is 20.3. The first kappa shape index (κ1) is 18.7. The predicted octanol–water partition coefficient (Wildman–Crippen LogP) is 4.50. The van der Waals surface area contributed by atoms with E-state index in [-0.39, 0.29) is 0 Å². The molecule has 0 aliphatic carbocycles. The first-order valence-corrected chi connectivity index (χ1v) is 10.6. The quantitative estimate of drug-likeness (QED) is 0.509. The highest BCUT2D eigenvalue weighted by molar-refractivity contribution is 5.90. The Morgan fingerprint density at radius 2 is 1.53 bits per heavy atom. The van der Waals surface area contributed by atoms with E-state index < -0.39 is 0 Å². The third kappa shape index (κ3) is 3.64. The second kappa shape index (κ2) is 8.20. The number of fused-ring (bicyclic) bond motifs is 1. The van der Waals surface area contributed by atoms with Crippen LogP contribution in [0.25, 0.3) is 33.2 Å². The van der Waals surface area contributed by atoms with Gasteiger partial charge in [-0.3, -0.25) is 4.98 Å². The van der Waals surface area contributed by atoms with Crippen LogP contribution in [-0.4, -0.2) is 52.8 Å². The lowest BCUT2D eigenvalue weighted by molar-refractivity contribution is 0.270. The second-order valence-electron chi connectivity index (χ2n) is 7.68. The fourth-order valence-corrected chi connectivity index (χ4v) is 4.13. The maximum Gasteiger partial charge on any atom is 0.151 e. The van der Waals surface area contributed by atoms with E-state index in [9.17, 15) is 0 Å². The molecule has 0 N–H and O–H groups in total. The minimum absolute atomic E-state index is 0.905. The van der Waals surface area contributed by atoms with E-state index >= 15 is 0 Å². The number of anilines is 1. The number of nitrogens with zero attached hydrogens (tertiary/aromatic N) is 5. The summed E-state index contributed by atoms with van der Waals surface area (Å²) in [5, 5.41) is 11.8. The molecule has 5 nitrogen and oxygen atoms in total. The average molecular weight is 396 g/mol. The summed E-state index contributed by atoms with van der Waals surface area (Å²) in [4.78, 5) is 9.00. The number of rotatable bonds is 4. The Bertz CT molecular complexity index is 1150. The smallest absolute Gasteiger partial charge is 0.151 e. The molecule has 0 atom stereocenters. The lowest BCUT2D eigenvalue weighted by Gasteiger charge is -2.34. The summed E-state index contributed by atoms with van der Waals surface area (Å²) in [7, 11) is 0. The Hall–Kier alpha value is -3.31. The monoisotopic (exact) mass is 395 g/mol. The van der Waals surface area contributed by atoms with Gasteiger partial charge < -0.3 is 9.80 Å². The zero-order valence-electron chi connectivity index (χ0n) is 17.2. The van der Waals surface area contributed by atoms with Gasteiger partial charge in [0.2, 0.25) is 0 Å². The fourth-order valence-electron chi connectivity index (χ4n) is 4.13. The number of hydrogen-bond acceptors (Lipinski definition) is 5. The van der Waals surface area contributed by atoms with Crippen LogP contribution < -0.4 is 4.90 Å². The van der Waals surface area contributed by atoms with Crippen LogP contribution in [0.1, 0.15) is 6.92 Å². The van der Waals surface area contributed by atoms with Crippen molar-refractivity contribution >= 4 is 16.6 Å². The normalized spacial score (nSPS) is 14.9. The SMILES string of the molecule is CCN1CCN(c2cc(-c3ccncc3)c(-c3ccc4ccccc4c3)nn2)CC1. The van der Waals surface area contributed by atoms with Crippen LogP contribution in [0, 0.1) is 0 Å². The van der Waals surface area contributed by atoms with E-state index in [4.69, 9.17) is 5.10 Å². The van der Waals surface area contributed by atoms with Crippen molar-refractivity contribution in [2.75, 3.05) is 37.6 Å². The van der Waals surface area contributed by atoms with Crippen LogP contribution in [0.2, 0.25) is 0 Å². The molecular formula is C25H25N5. The van der Waals surface area contributed by atoms with Crippen LogP contribution in [0.4, 0.5) is 5.82 Å². The van der Waals surface area contributed by atoms with Crippen molar-refractivity contribution in [1.82, 2.24) is 20.1 Å². The maximum absolute atomic E-state index is 4.72. The maximum atomic E-state index is 4.72. The first-order chi connectivity index (χ1) is 14.8. The number of benzene rings is 2. The van der Waals surface area contributed by atoms with Gasteiger partial charge in [0.1, 0.15) is 5.69 Å².